The Kier molecular flexibility index (Phi) is 5.79. The molecule has 1 aromatic rings. The number of rotatable bonds is 6. The molecule has 0 radical (unpaired) electrons. The number of nitrogens with one attached hydrogen (secondary N) is 1. The van der Waals surface area contributed by atoms with Crippen LogP contribution in [0.2, 0.25) is 5.02 Å². The highest BCUT2D eigenvalue weighted by Gasteiger charge is 2.11. The first-order chi connectivity index (χ1) is 8.93. The SMILES string of the molecule is CCCC(N)CC(=O)Nc1ccc(C(N)=O)c(Cl)c1. The molecule has 5 nitrogen and oxygen atoms in total. The number of amides is 2. The van der Waals surface area contributed by atoms with Gasteiger partial charge in [-0.3, -0.25) is 9.59 Å². The van der Waals surface area contributed by atoms with Gasteiger partial charge in [0.25, 0.3) is 0 Å². The van der Waals surface area contributed by atoms with E-state index in [1.807, 2.05) is 6.92 Å². The molecule has 0 saturated carbocycles. The van der Waals surface area contributed by atoms with Gasteiger partial charge in [-0.25, -0.2) is 0 Å². The fourth-order valence-electron chi connectivity index (χ4n) is 1.72. The van der Waals surface area contributed by atoms with Gasteiger partial charge in [-0.1, -0.05) is 24.9 Å². The molecule has 0 fully saturated rings. The summed E-state index contributed by atoms with van der Waals surface area (Å²) in [6.45, 7) is 2.01. The largest absolute Gasteiger partial charge is 0.366 e. The highest BCUT2D eigenvalue weighted by atomic mass is 35.5. The molecular weight excluding hydrogens is 266 g/mol. The number of carbonyl (C=O) groups excluding carboxylic acids is 2. The predicted molar refractivity (Wildman–Crippen MR) is 76.1 cm³/mol. The van der Waals surface area contributed by atoms with E-state index in [0.717, 1.165) is 12.8 Å². The minimum absolute atomic E-state index is 0.148. The normalized spacial score (nSPS) is 11.9. The highest BCUT2D eigenvalue weighted by Crippen LogP contribution is 2.20. The Morgan fingerprint density at radius 2 is 2.11 bits per heavy atom. The predicted octanol–water partition coefficient (Wildman–Crippen LogP) is 1.89. The number of benzene rings is 1. The molecule has 0 saturated heterocycles. The molecule has 1 aromatic carbocycles. The molecule has 1 unspecified atom stereocenters. The van der Waals surface area contributed by atoms with Crippen LogP contribution in [0.5, 0.6) is 0 Å². The average Bonchev–Trinajstić information content (AvgIpc) is 2.28. The van der Waals surface area contributed by atoms with Crippen molar-refractivity contribution >= 4 is 29.1 Å². The highest BCUT2D eigenvalue weighted by molar-refractivity contribution is 6.34. The summed E-state index contributed by atoms with van der Waals surface area (Å²) in [6, 6.07) is 4.40. The number of anilines is 1. The van der Waals surface area contributed by atoms with Gasteiger partial charge in [0.05, 0.1) is 10.6 Å². The minimum Gasteiger partial charge on any atom is -0.366 e. The summed E-state index contributed by atoms with van der Waals surface area (Å²) in [5.74, 6) is -0.781. The molecule has 2 amide bonds. The summed E-state index contributed by atoms with van der Waals surface area (Å²) in [7, 11) is 0. The molecule has 0 bridgehead atoms. The third-order valence-electron chi connectivity index (χ3n) is 2.63. The van der Waals surface area contributed by atoms with E-state index < -0.39 is 5.91 Å². The fourth-order valence-corrected chi connectivity index (χ4v) is 1.99. The molecule has 0 spiro atoms. The lowest BCUT2D eigenvalue weighted by molar-refractivity contribution is -0.116. The summed E-state index contributed by atoms with van der Waals surface area (Å²) < 4.78 is 0. The van der Waals surface area contributed by atoms with Gasteiger partial charge in [0.2, 0.25) is 11.8 Å². The molecule has 1 atom stereocenters. The first-order valence-electron chi connectivity index (χ1n) is 6.08. The van der Waals surface area contributed by atoms with E-state index in [-0.39, 0.29) is 29.0 Å². The summed E-state index contributed by atoms with van der Waals surface area (Å²) in [5.41, 5.74) is 11.7. The van der Waals surface area contributed by atoms with Gasteiger partial charge < -0.3 is 16.8 Å². The van der Waals surface area contributed by atoms with Crippen LogP contribution in [-0.4, -0.2) is 17.9 Å². The van der Waals surface area contributed by atoms with Crippen LogP contribution in [0.4, 0.5) is 5.69 Å². The standard InChI is InChI=1S/C13H18ClN3O2/c1-2-3-8(15)6-12(18)17-9-4-5-10(13(16)19)11(14)7-9/h4-5,7-8H,2-3,6,15H2,1H3,(H2,16,19)(H,17,18). The molecule has 0 aliphatic rings. The van der Waals surface area contributed by atoms with Gasteiger partial charge >= 0.3 is 0 Å². The number of nitrogens with two attached hydrogens (primary N) is 2. The smallest absolute Gasteiger partial charge is 0.250 e. The van der Waals surface area contributed by atoms with E-state index in [0.29, 0.717) is 5.69 Å². The lowest BCUT2D eigenvalue weighted by Crippen LogP contribution is -2.26. The molecule has 1 rings (SSSR count). The summed E-state index contributed by atoms with van der Waals surface area (Å²) in [4.78, 5) is 22.7. The Bertz CT molecular complexity index is 477. The zero-order chi connectivity index (χ0) is 14.4. The van der Waals surface area contributed by atoms with E-state index in [4.69, 9.17) is 23.1 Å². The number of hydrogen-bond acceptors (Lipinski definition) is 3. The number of halogens is 1. The molecular formula is C13H18ClN3O2. The molecule has 5 N–H and O–H groups in total. The Labute approximate surface area is 117 Å². The van der Waals surface area contributed by atoms with Crippen LogP contribution in [0.3, 0.4) is 0 Å². The number of primary amides is 1. The molecule has 0 aromatic heterocycles. The first kappa shape index (κ1) is 15.5. The van der Waals surface area contributed by atoms with Crippen LogP contribution in [0.1, 0.15) is 36.5 Å². The van der Waals surface area contributed by atoms with Crippen molar-refractivity contribution in [3.8, 4) is 0 Å². The number of hydrogen-bond donors (Lipinski definition) is 3. The van der Waals surface area contributed by atoms with Crippen molar-refractivity contribution in [2.45, 2.75) is 32.2 Å². The Balaban J connectivity index is 2.65. The zero-order valence-electron chi connectivity index (χ0n) is 10.8. The maximum atomic E-state index is 11.7. The molecule has 0 aliphatic carbocycles. The van der Waals surface area contributed by atoms with Crippen LogP contribution in [0.25, 0.3) is 0 Å². The van der Waals surface area contributed by atoms with Crippen molar-refractivity contribution in [3.63, 3.8) is 0 Å². The summed E-state index contributed by atoms with van der Waals surface area (Å²) in [5, 5.41) is 2.89. The lowest BCUT2D eigenvalue weighted by Gasteiger charge is -2.11. The lowest BCUT2D eigenvalue weighted by atomic mass is 10.1. The zero-order valence-corrected chi connectivity index (χ0v) is 11.5. The maximum absolute atomic E-state index is 11.7. The van der Waals surface area contributed by atoms with E-state index in [9.17, 15) is 9.59 Å². The minimum atomic E-state index is -0.604. The van der Waals surface area contributed by atoms with E-state index in [2.05, 4.69) is 5.32 Å². The van der Waals surface area contributed by atoms with Crippen LogP contribution >= 0.6 is 11.6 Å². The van der Waals surface area contributed by atoms with Crippen molar-refractivity contribution < 1.29 is 9.59 Å². The Morgan fingerprint density at radius 1 is 1.42 bits per heavy atom. The third kappa shape index (κ3) is 4.89. The second-order valence-electron chi connectivity index (χ2n) is 4.36. The molecule has 6 heteroatoms. The Morgan fingerprint density at radius 3 is 2.63 bits per heavy atom. The number of carbonyl (C=O) groups is 2. The average molecular weight is 284 g/mol. The first-order valence-corrected chi connectivity index (χ1v) is 6.46. The second kappa shape index (κ2) is 7.11. The Hall–Kier alpha value is -1.59. The third-order valence-corrected chi connectivity index (χ3v) is 2.94. The van der Waals surface area contributed by atoms with Gasteiger partial charge in [-0.15, -0.1) is 0 Å². The van der Waals surface area contributed by atoms with Crippen molar-refractivity contribution in [3.05, 3.63) is 28.8 Å². The van der Waals surface area contributed by atoms with Gasteiger partial charge in [-0.2, -0.15) is 0 Å². The topological polar surface area (TPSA) is 98.2 Å². The van der Waals surface area contributed by atoms with Crippen molar-refractivity contribution in [2.75, 3.05) is 5.32 Å². The monoisotopic (exact) mass is 283 g/mol. The van der Waals surface area contributed by atoms with Crippen LogP contribution in [0.15, 0.2) is 18.2 Å². The van der Waals surface area contributed by atoms with Gasteiger partial charge in [0.1, 0.15) is 0 Å². The van der Waals surface area contributed by atoms with Crippen molar-refractivity contribution in [1.29, 1.82) is 0 Å². The molecule has 0 heterocycles. The van der Waals surface area contributed by atoms with Crippen molar-refractivity contribution in [2.24, 2.45) is 11.5 Å². The molecule has 19 heavy (non-hydrogen) atoms. The van der Waals surface area contributed by atoms with Gasteiger partial charge in [0.15, 0.2) is 0 Å². The molecule has 104 valence electrons. The van der Waals surface area contributed by atoms with Gasteiger partial charge in [-0.05, 0) is 24.6 Å². The summed E-state index contributed by atoms with van der Waals surface area (Å²) in [6.07, 6.45) is 1.99. The fraction of sp³-hybridized carbons (Fsp3) is 0.385. The summed E-state index contributed by atoms with van der Waals surface area (Å²) >= 11 is 5.89. The quantitative estimate of drug-likeness (QED) is 0.743. The van der Waals surface area contributed by atoms with Crippen LogP contribution in [0, 0.1) is 0 Å². The van der Waals surface area contributed by atoms with E-state index in [1.54, 1.807) is 6.07 Å². The molecule has 0 aliphatic heterocycles. The van der Waals surface area contributed by atoms with E-state index in [1.165, 1.54) is 12.1 Å². The van der Waals surface area contributed by atoms with Crippen LogP contribution < -0.4 is 16.8 Å². The van der Waals surface area contributed by atoms with Crippen LogP contribution in [-0.2, 0) is 4.79 Å². The van der Waals surface area contributed by atoms with Gasteiger partial charge in [0, 0.05) is 18.2 Å². The van der Waals surface area contributed by atoms with Crippen molar-refractivity contribution in [1.82, 2.24) is 0 Å². The maximum Gasteiger partial charge on any atom is 0.250 e. The second-order valence-corrected chi connectivity index (χ2v) is 4.77. The van der Waals surface area contributed by atoms with E-state index >= 15 is 0 Å².